The smallest absolute Gasteiger partial charge is 0.244 e. The van der Waals surface area contributed by atoms with Crippen LogP contribution in [0.5, 0.6) is 5.75 Å². The Bertz CT molecular complexity index is 427. The molecule has 0 aliphatic carbocycles. The van der Waals surface area contributed by atoms with Crippen molar-refractivity contribution in [2.24, 2.45) is 0 Å². The molecule has 4 heteroatoms. The lowest BCUT2D eigenvalue weighted by Crippen LogP contribution is -2.22. The van der Waals surface area contributed by atoms with E-state index in [1.165, 1.54) is 6.08 Å². The van der Waals surface area contributed by atoms with Crippen molar-refractivity contribution in [1.82, 2.24) is 5.32 Å². The zero-order valence-corrected chi connectivity index (χ0v) is 10.8. The molecular weight excluding hydrogens is 230 g/mol. The predicted molar refractivity (Wildman–Crippen MR) is 71.5 cm³/mol. The summed E-state index contributed by atoms with van der Waals surface area (Å²) in [6.45, 7) is 2.54. The molecule has 18 heavy (non-hydrogen) atoms. The minimum atomic E-state index is -0.174. The van der Waals surface area contributed by atoms with Crippen LogP contribution in [-0.2, 0) is 4.79 Å². The number of methoxy groups -OCH3 is 1. The first-order valence-corrected chi connectivity index (χ1v) is 5.88. The molecule has 0 aliphatic rings. The van der Waals surface area contributed by atoms with E-state index >= 15 is 0 Å². The fourth-order valence-corrected chi connectivity index (χ4v) is 1.50. The number of aliphatic hydroxyl groups excluding tert-OH is 1. The number of ether oxygens (including phenoxy) is 1. The van der Waals surface area contributed by atoms with Crippen molar-refractivity contribution >= 4 is 12.0 Å². The minimum absolute atomic E-state index is 0.0791. The molecule has 1 aromatic rings. The number of hydrogen-bond donors (Lipinski definition) is 2. The summed E-state index contributed by atoms with van der Waals surface area (Å²) in [7, 11) is 1.60. The third-order valence-electron chi connectivity index (χ3n) is 2.43. The van der Waals surface area contributed by atoms with Crippen molar-refractivity contribution in [2.75, 3.05) is 20.3 Å². The van der Waals surface area contributed by atoms with E-state index in [0.717, 1.165) is 16.9 Å². The molecule has 1 aromatic carbocycles. The highest BCUT2D eigenvalue weighted by Crippen LogP contribution is 2.20. The molecule has 0 radical (unpaired) electrons. The maximum absolute atomic E-state index is 11.5. The van der Waals surface area contributed by atoms with Gasteiger partial charge in [0.15, 0.2) is 0 Å². The van der Waals surface area contributed by atoms with Crippen LogP contribution in [0.3, 0.4) is 0 Å². The van der Waals surface area contributed by atoms with Crippen LogP contribution in [0.2, 0.25) is 0 Å². The van der Waals surface area contributed by atoms with E-state index in [9.17, 15) is 4.79 Å². The number of aryl methyl sites for hydroxylation is 1. The maximum atomic E-state index is 11.5. The van der Waals surface area contributed by atoms with Gasteiger partial charge in [-0.1, -0.05) is 11.6 Å². The lowest BCUT2D eigenvalue weighted by Gasteiger charge is -2.05. The first kappa shape index (κ1) is 14.3. The van der Waals surface area contributed by atoms with Crippen LogP contribution in [-0.4, -0.2) is 31.3 Å². The Labute approximate surface area is 107 Å². The summed E-state index contributed by atoms with van der Waals surface area (Å²) in [6.07, 6.45) is 3.75. The largest absolute Gasteiger partial charge is 0.496 e. The summed E-state index contributed by atoms with van der Waals surface area (Å²) in [5.41, 5.74) is 1.98. The Kier molecular flexibility index (Phi) is 5.94. The SMILES string of the molecule is COc1ccc(C)cc1/C=C/C(=O)NCCCO. The number of carbonyl (C=O) groups excluding carboxylic acids is 1. The van der Waals surface area contributed by atoms with Crippen molar-refractivity contribution in [3.8, 4) is 5.75 Å². The Morgan fingerprint density at radius 3 is 2.94 bits per heavy atom. The number of amides is 1. The zero-order valence-electron chi connectivity index (χ0n) is 10.8. The monoisotopic (exact) mass is 249 g/mol. The molecule has 0 aromatic heterocycles. The van der Waals surface area contributed by atoms with Crippen molar-refractivity contribution in [2.45, 2.75) is 13.3 Å². The van der Waals surface area contributed by atoms with Gasteiger partial charge in [-0.2, -0.15) is 0 Å². The molecule has 2 N–H and O–H groups in total. The molecule has 0 atom stereocenters. The molecule has 4 nitrogen and oxygen atoms in total. The fourth-order valence-electron chi connectivity index (χ4n) is 1.50. The molecule has 0 unspecified atom stereocenters. The molecule has 1 amide bonds. The summed E-state index contributed by atoms with van der Waals surface area (Å²) in [5, 5.41) is 11.3. The van der Waals surface area contributed by atoms with E-state index in [2.05, 4.69) is 5.32 Å². The third-order valence-corrected chi connectivity index (χ3v) is 2.43. The van der Waals surface area contributed by atoms with Gasteiger partial charge in [-0.05, 0) is 31.6 Å². The minimum Gasteiger partial charge on any atom is -0.496 e. The second-order valence-electron chi connectivity index (χ2n) is 3.95. The van der Waals surface area contributed by atoms with Gasteiger partial charge in [0.1, 0.15) is 5.75 Å². The highest BCUT2D eigenvalue weighted by Gasteiger charge is 2.00. The van der Waals surface area contributed by atoms with Gasteiger partial charge in [-0.25, -0.2) is 0 Å². The maximum Gasteiger partial charge on any atom is 0.244 e. The number of aliphatic hydroxyl groups is 1. The number of rotatable bonds is 6. The molecule has 1 rings (SSSR count). The van der Waals surface area contributed by atoms with E-state index in [0.29, 0.717) is 13.0 Å². The molecule has 0 heterocycles. The van der Waals surface area contributed by atoms with Gasteiger partial charge in [0.2, 0.25) is 5.91 Å². The zero-order chi connectivity index (χ0) is 13.4. The summed E-state index contributed by atoms with van der Waals surface area (Å²) in [5.74, 6) is 0.562. The fraction of sp³-hybridized carbons (Fsp3) is 0.357. The Balaban J connectivity index is 2.65. The quantitative estimate of drug-likeness (QED) is 0.593. The van der Waals surface area contributed by atoms with Gasteiger partial charge in [0.25, 0.3) is 0 Å². The van der Waals surface area contributed by atoms with Crippen LogP contribution in [0.15, 0.2) is 24.3 Å². The molecule has 0 aliphatic heterocycles. The Morgan fingerprint density at radius 1 is 1.50 bits per heavy atom. The third kappa shape index (κ3) is 4.59. The Hall–Kier alpha value is -1.81. The van der Waals surface area contributed by atoms with E-state index in [4.69, 9.17) is 9.84 Å². The summed E-state index contributed by atoms with van der Waals surface area (Å²) in [6, 6.07) is 5.78. The van der Waals surface area contributed by atoms with Gasteiger partial charge in [-0.15, -0.1) is 0 Å². The number of carbonyl (C=O) groups is 1. The molecule has 0 saturated heterocycles. The molecule has 0 fully saturated rings. The van der Waals surface area contributed by atoms with E-state index in [1.54, 1.807) is 13.2 Å². The highest BCUT2D eigenvalue weighted by molar-refractivity contribution is 5.92. The predicted octanol–water partition coefficient (Wildman–Crippen LogP) is 1.52. The van der Waals surface area contributed by atoms with Crippen molar-refractivity contribution in [1.29, 1.82) is 0 Å². The number of nitrogens with one attached hydrogen (secondary N) is 1. The van der Waals surface area contributed by atoms with Gasteiger partial charge in [0.05, 0.1) is 7.11 Å². The van der Waals surface area contributed by atoms with Crippen LogP contribution < -0.4 is 10.1 Å². The van der Waals surface area contributed by atoms with Crippen molar-refractivity contribution < 1.29 is 14.6 Å². The van der Waals surface area contributed by atoms with E-state index in [1.807, 2.05) is 25.1 Å². The van der Waals surface area contributed by atoms with Gasteiger partial charge in [-0.3, -0.25) is 4.79 Å². The van der Waals surface area contributed by atoms with E-state index < -0.39 is 0 Å². The molecule has 98 valence electrons. The van der Waals surface area contributed by atoms with E-state index in [-0.39, 0.29) is 12.5 Å². The molecule has 0 bridgehead atoms. The normalized spacial score (nSPS) is 10.6. The van der Waals surface area contributed by atoms with Crippen LogP contribution in [0.25, 0.3) is 6.08 Å². The lowest BCUT2D eigenvalue weighted by atomic mass is 10.1. The van der Waals surface area contributed by atoms with Crippen molar-refractivity contribution in [3.05, 3.63) is 35.4 Å². The summed E-state index contributed by atoms with van der Waals surface area (Å²) < 4.78 is 5.22. The average Bonchev–Trinajstić information content (AvgIpc) is 2.37. The number of hydrogen-bond acceptors (Lipinski definition) is 3. The molecule has 0 spiro atoms. The van der Waals surface area contributed by atoms with Crippen LogP contribution in [0.4, 0.5) is 0 Å². The van der Waals surface area contributed by atoms with Crippen LogP contribution in [0.1, 0.15) is 17.5 Å². The highest BCUT2D eigenvalue weighted by atomic mass is 16.5. The Morgan fingerprint density at radius 2 is 2.28 bits per heavy atom. The van der Waals surface area contributed by atoms with Crippen LogP contribution in [0, 0.1) is 6.92 Å². The standard InChI is InChI=1S/C14H19NO3/c1-11-4-6-13(18-2)12(10-11)5-7-14(17)15-8-3-9-16/h4-7,10,16H,3,8-9H2,1-2H3,(H,15,17)/b7-5+. The average molecular weight is 249 g/mol. The lowest BCUT2D eigenvalue weighted by molar-refractivity contribution is -0.116. The molecule has 0 saturated carbocycles. The second-order valence-corrected chi connectivity index (χ2v) is 3.95. The van der Waals surface area contributed by atoms with Crippen molar-refractivity contribution in [3.63, 3.8) is 0 Å². The molecular formula is C14H19NO3. The summed E-state index contributed by atoms with van der Waals surface area (Å²) in [4.78, 5) is 11.5. The number of benzene rings is 1. The van der Waals surface area contributed by atoms with Crippen LogP contribution >= 0.6 is 0 Å². The second kappa shape index (κ2) is 7.50. The topological polar surface area (TPSA) is 58.6 Å². The van der Waals surface area contributed by atoms with Gasteiger partial charge < -0.3 is 15.2 Å². The van der Waals surface area contributed by atoms with Gasteiger partial charge >= 0.3 is 0 Å². The first-order valence-electron chi connectivity index (χ1n) is 5.88. The van der Waals surface area contributed by atoms with Gasteiger partial charge in [0, 0.05) is 24.8 Å². The summed E-state index contributed by atoms with van der Waals surface area (Å²) >= 11 is 0. The first-order chi connectivity index (χ1) is 8.67.